The molecule has 0 saturated heterocycles. The minimum Gasteiger partial charge on any atom is -0.506 e. The van der Waals surface area contributed by atoms with Crippen molar-refractivity contribution in [3.05, 3.63) is 46.2 Å². The van der Waals surface area contributed by atoms with Gasteiger partial charge in [0.2, 0.25) is 0 Å². The fraction of sp³-hybridized carbons (Fsp3) is 0.0769. The molecule has 19 heavy (non-hydrogen) atoms. The van der Waals surface area contributed by atoms with Gasteiger partial charge in [0.25, 0.3) is 5.91 Å². The first kappa shape index (κ1) is 13.1. The second-order valence-electron chi connectivity index (χ2n) is 3.64. The van der Waals surface area contributed by atoms with Crippen LogP contribution in [0.15, 0.2) is 36.4 Å². The summed E-state index contributed by atoms with van der Waals surface area (Å²) in [5.41, 5.74) is 0.611. The molecule has 1 amide bonds. The molecule has 1 heterocycles. The Balaban J connectivity index is 2.20. The van der Waals surface area contributed by atoms with E-state index in [-0.39, 0.29) is 15.5 Å². The van der Waals surface area contributed by atoms with Gasteiger partial charge >= 0.3 is 5.97 Å². The lowest BCUT2D eigenvalue weighted by molar-refractivity contribution is 0.0606. The number of benzene rings is 1. The third-order valence-electron chi connectivity index (χ3n) is 2.34. The van der Waals surface area contributed by atoms with Gasteiger partial charge in [-0.2, -0.15) is 0 Å². The number of thiophene rings is 1. The third-order valence-corrected chi connectivity index (χ3v) is 3.44. The van der Waals surface area contributed by atoms with E-state index in [4.69, 9.17) is 0 Å². The predicted molar refractivity (Wildman–Crippen MR) is 71.7 cm³/mol. The van der Waals surface area contributed by atoms with Gasteiger partial charge in [0.1, 0.15) is 15.5 Å². The number of ether oxygens (including phenoxy) is 1. The standard InChI is InChI=1S/C13H11NO4S/c1-18-13(17)10-7-9(15)11(19-10)12(16)14-8-5-3-2-4-6-8/h2-7,15H,1H3,(H,14,16). The van der Waals surface area contributed by atoms with Crippen LogP contribution in [0.25, 0.3) is 0 Å². The second-order valence-corrected chi connectivity index (χ2v) is 4.69. The van der Waals surface area contributed by atoms with Crippen LogP contribution in [0.5, 0.6) is 5.75 Å². The number of carbonyl (C=O) groups excluding carboxylic acids is 2. The van der Waals surface area contributed by atoms with Gasteiger partial charge in [-0.1, -0.05) is 18.2 Å². The molecule has 2 rings (SSSR count). The van der Waals surface area contributed by atoms with Crippen LogP contribution >= 0.6 is 11.3 Å². The highest BCUT2D eigenvalue weighted by Crippen LogP contribution is 2.29. The van der Waals surface area contributed by atoms with E-state index in [0.717, 1.165) is 11.3 Å². The number of nitrogens with one attached hydrogen (secondary N) is 1. The van der Waals surface area contributed by atoms with Crippen molar-refractivity contribution in [1.29, 1.82) is 0 Å². The van der Waals surface area contributed by atoms with Gasteiger partial charge in [-0.05, 0) is 12.1 Å². The molecular formula is C13H11NO4S. The second kappa shape index (κ2) is 5.53. The van der Waals surface area contributed by atoms with Crippen molar-refractivity contribution in [1.82, 2.24) is 0 Å². The topological polar surface area (TPSA) is 75.6 Å². The maximum absolute atomic E-state index is 11.9. The van der Waals surface area contributed by atoms with Crippen LogP contribution in [0.4, 0.5) is 5.69 Å². The van der Waals surface area contributed by atoms with Crippen molar-refractivity contribution < 1.29 is 19.4 Å². The van der Waals surface area contributed by atoms with E-state index in [1.54, 1.807) is 24.3 Å². The Hall–Kier alpha value is -2.34. The molecule has 98 valence electrons. The van der Waals surface area contributed by atoms with E-state index < -0.39 is 11.9 Å². The Labute approximate surface area is 113 Å². The smallest absolute Gasteiger partial charge is 0.348 e. The summed E-state index contributed by atoms with van der Waals surface area (Å²) in [7, 11) is 1.24. The zero-order valence-electron chi connectivity index (χ0n) is 10.0. The van der Waals surface area contributed by atoms with E-state index in [2.05, 4.69) is 10.1 Å². The number of anilines is 1. The molecule has 0 bridgehead atoms. The van der Waals surface area contributed by atoms with Gasteiger partial charge in [-0.25, -0.2) is 4.79 Å². The number of amides is 1. The first-order valence-corrected chi connectivity index (χ1v) is 6.21. The number of carbonyl (C=O) groups is 2. The zero-order valence-corrected chi connectivity index (χ0v) is 10.9. The molecule has 2 aromatic rings. The maximum atomic E-state index is 11.9. The largest absolute Gasteiger partial charge is 0.506 e. The van der Waals surface area contributed by atoms with Crippen LogP contribution in [0.2, 0.25) is 0 Å². The summed E-state index contributed by atoms with van der Waals surface area (Å²) >= 11 is 0.883. The fourth-order valence-corrected chi connectivity index (χ4v) is 2.32. The summed E-state index contributed by atoms with van der Waals surface area (Å²) in [6, 6.07) is 10.1. The lowest BCUT2D eigenvalue weighted by atomic mass is 10.3. The van der Waals surface area contributed by atoms with Crippen LogP contribution < -0.4 is 5.32 Å². The molecule has 0 radical (unpaired) electrons. The molecule has 0 spiro atoms. The molecule has 0 saturated carbocycles. The minimum absolute atomic E-state index is 0.0734. The van der Waals surface area contributed by atoms with Gasteiger partial charge in [-0.15, -0.1) is 11.3 Å². The molecule has 1 aromatic heterocycles. The lowest BCUT2D eigenvalue weighted by Gasteiger charge is -2.02. The van der Waals surface area contributed by atoms with Crippen LogP contribution in [-0.4, -0.2) is 24.1 Å². The normalized spacial score (nSPS) is 9.95. The van der Waals surface area contributed by atoms with Crippen molar-refractivity contribution in [2.45, 2.75) is 0 Å². The van der Waals surface area contributed by atoms with Crippen LogP contribution in [0.3, 0.4) is 0 Å². The average Bonchev–Trinajstić information content (AvgIpc) is 2.81. The van der Waals surface area contributed by atoms with Crippen molar-refractivity contribution >= 4 is 28.9 Å². The Kier molecular flexibility index (Phi) is 3.82. The number of hydrogen-bond donors (Lipinski definition) is 2. The van der Waals surface area contributed by atoms with Gasteiger partial charge in [0, 0.05) is 11.8 Å². The molecule has 1 aromatic carbocycles. The molecule has 0 aliphatic rings. The number of aromatic hydroxyl groups is 1. The number of hydrogen-bond acceptors (Lipinski definition) is 5. The van der Waals surface area contributed by atoms with E-state index in [9.17, 15) is 14.7 Å². The summed E-state index contributed by atoms with van der Waals surface area (Å²) in [6.07, 6.45) is 0. The Morgan fingerprint density at radius 3 is 2.58 bits per heavy atom. The summed E-state index contributed by atoms with van der Waals surface area (Å²) in [6.45, 7) is 0. The Morgan fingerprint density at radius 1 is 1.26 bits per heavy atom. The number of para-hydroxylation sites is 1. The van der Waals surface area contributed by atoms with Crippen molar-refractivity contribution in [3.63, 3.8) is 0 Å². The first-order chi connectivity index (χ1) is 9.11. The monoisotopic (exact) mass is 277 g/mol. The fourth-order valence-electron chi connectivity index (χ4n) is 1.45. The van der Waals surface area contributed by atoms with E-state index >= 15 is 0 Å². The highest BCUT2D eigenvalue weighted by Gasteiger charge is 2.19. The van der Waals surface area contributed by atoms with Crippen LogP contribution in [0.1, 0.15) is 19.3 Å². The predicted octanol–water partition coefficient (Wildman–Crippen LogP) is 2.49. The Morgan fingerprint density at radius 2 is 1.95 bits per heavy atom. The molecular weight excluding hydrogens is 266 g/mol. The van der Waals surface area contributed by atoms with Gasteiger partial charge < -0.3 is 15.2 Å². The maximum Gasteiger partial charge on any atom is 0.348 e. The molecule has 0 unspecified atom stereocenters. The van der Waals surface area contributed by atoms with Gasteiger partial charge in [-0.3, -0.25) is 4.79 Å². The van der Waals surface area contributed by atoms with Gasteiger partial charge in [0.05, 0.1) is 7.11 Å². The van der Waals surface area contributed by atoms with Crippen LogP contribution in [0, 0.1) is 0 Å². The summed E-state index contributed by atoms with van der Waals surface area (Å²) < 4.78 is 4.53. The van der Waals surface area contributed by atoms with Crippen molar-refractivity contribution in [2.75, 3.05) is 12.4 Å². The quantitative estimate of drug-likeness (QED) is 0.845. The lowest BCUT2D eigenvalue weighted by Crippen LogP contribution is -2.10. The molecule has 0 fully saturated rings. The van der Waals surface area contributed by atoms with E-state index in [1.165, 1.54) is 13.2 Å². The van der Waals surface area contributed by atoms with Crippen LogP contribution in [-0.2, 0) is 4.74 Å². The highest BCUT2D eigenvalue weighted by atomic mass is 32.1. The summed E-state index contributed by atoms with van der Waals surface area (Å²) in [5.74, 6) is -1.29. The Bertz CT molecular complexity index is 606. The van der Waals surface area contributed by atoms with Gasteiger partial charge in [0.15, 0.2) is 0 Å². The third kappa shape index (κ3) is 2.92. The molecule has 0 aliphatic carbocycles. The molecule has 0 aliphatic heterocycles. The minimum atomic E-state index is -0.584. The van der Waals surface area contributed by atoms with E-state index in [0.29, 0.717) is 5.69 Å². The molecule has 6 heteroatoms. The molecule has 2 N–H and O–H groups in total. The molecule has 5 nitrogen and oxygen atoms in total. The zero-order chi connectivity index (χ0) is 13.8. The molecule has 0 atom stereocenters. The van der Waals surface area contributed by atoms with Crippen molar-refractivity contribution in [2.24, 2.45) is 0 Å². The van der Waals surface area contributed by atoms with E-state index in [1.807, 2.05) is 6.07 Å². The number of methoxy groups -OCH3 is 1. The number of rotatable bonds is 3. The summed E-state index contributed by atoms with van der Waals surface area (Å²) in [4.78, 5) is 23.5. The average molecular weight is 277 g/mol. The highest BCUT2D eigenvalue weighted by molar-refractivity contribution is 7.16. The van der Waals surface area contributed by atoms with Crippen molar-refractivity contribution in [3.8, 4) is 5.75 Å². The summed E-state index contributed by atoms with van der Waals surface area (Å²) in [5, 5.41) is 12.3. The number of esters is 1. The first-order valence-electron chi connectivity index (χ1n) is 5.39. The SMILES string of the molecule is COC(=O)c1cc(O)c(C(=O)Nc2ccccc2)s1.